The standard InChI is InChI=1S/C16H26N2S/c1-13(2)18(12-15-4-3-9-19-15)11-14-10-16(14)5-7-17-8-6-16/h3-4,9,13-14,17H,5-8,10-12H2,1-2H3. The van der Waals surface area contributed by atoms with E-state index >= 15 is 0 Å². The third kappa shape index (κ3) is 3.04. The monoisotopic (exact) mass is 278 g/mol. The van der Waals surface area contributed by atoms with Gasteiger partial charge in [0.1, 0.15) is 0 Å². The lowest BCUT2D eigenvalue weighted by Gasteiger charge is -2.29. The smallest absolute Gasteiger partial charge is 0.0330 e. The van der Waals surface area contributed by atoms with Crippen molar-refractivity contribution >= 4 is 11.3 Å². The van der Waals surface area contributed by atoms with Crippen LogP contribution in [-0.2, 0) is 6.54 Å². The van der Waals surface area contributed by atoms with Gasteiger partial charge >= 0.3 is 0 Å². The van der Waals surface area contributed by atoms with Crippen LogP contribution in [0.1, 0.15) is 38.0 Å². The molecule has 2 nitrogen and oxygen atoms in total. The summed E-state index contributed by atoms with van der Waals surface area (Å²) < 4.78 is 0. The zero-order chi connectivity index (χ0) is 13.3. The summed E-state index contributed by atoms with van der Waals surface area (Å²) in [6.45, 7) is 9.60. The maximum absolute atomic E-state index is 3.50. The van der Waals surface area contributed by atoms with Crippen LogP contribution in [0.4, 0.5) is 0 Å². The van der Waals surface area contributed by atoms with Gasteiger partial charge in [-0.15, -0.1) is 11.3 Å². The van der Waals surface area contributed by atoms with Gasteiger partial charge in [-0.2, -0.15) is 0 Å². The number of thiophene rings is 1. The van der Waals surface area contributed by atoms with Crippen LogP contribution < -0.4 is 5.32 Å². The van der Waals surface area contributed by atoms with E-state index in [1.54, 1.807) is 0 Å². The van der Waals surface area contributed by atoms with E-state index in [2.05, 4.69) is 41.6 Å². The van der Waals surface area contributed by atoms with Gasteiger partial charge in [-0.05, 0) is 69.0 Å². The number of nitrogens with zero attached hydrogens (tertiary/aromatic N) is 1. The second-order valence-electron chi connectivity index (χ2n) is 6.62. The Bertz CT molecular complexity index is 393. The molecule has 0 aromatic carbocycles. The number of nitrogens with one attached hydrogen (secondary N) is 1. The topological polar surface area (TPSA) is 15.3 Å². The van der Waals surface area contributed by atoms with Gasteiger partial charge in [0.25, 0.3) is 0 Å². The number of hydrogen-bond acceptors (Lipinski definition) is 3. The third-order valence-electron chi connectivity index (χ3n) is 5.08. The molecule has 1 aromatic heterocycles. The quantitative estimate of drug-likeness (QED) is 0.888. The van der Waals surface area contributed by atoms with Gasteiger partial charge < -0.3 is 5.32 Å². The molecule has 2 fully saturated rings. The van der Waals surface area contributed by atoms with E-state index in [9.17, 15) is 0 Å². The molecular formula is C16H26N2S. The van der Waals surface area contributed by atoms with Crippen LogP contribution in [0.2, 0.25) is 0 Å². The van der Waals surface area contributed by atoms with Crippen molar-refractivity contribution in [3.63, 3.8) is 0 Å². The Balaban J connectivity index is 1.57. The highest BCUT2D eigenvalue weighted by Gasteiger charge is 2.53. The minimum absolute atomic E-state index is 0.654. The van der Waals surface area contributed by atoms with Crippen LogP contribution in [-0.4, -0.2) is 30.6 Å². The molecule has 1 aliphatic carbocycles. The lowest BCUT2D eigenvalue weighted by Crippen LogP contribution is -2.35. The summed E-state index contributed by atoms with van der Waals surface area (Å²) in [6, 6.07) is 5.10. The predicted octanol–water partition coefficient (Wildman–Crippen LogP) is 3.35. The van der Waals surface area contributed by atoms with E-state index in [0.717, 1.165) is 12.5 Å². The van der Waals surface area contributed by atoms with Crippen LogP contribution in [0.3, 0.4) is 0 Å². The molecule has 3 heteroatoms. The Morgan fingerprint density at radius 3 is 2.84 bits per heavy atom. The second kappa shape index (κ2) is 5.55. The molecule has 1 N–H and O–H groups in total. The van der Waals surface area contributed by atoms with Crippen molar-refractivity contribution in [1.82, 2.24) is 10.2 Å². The Kier molecular flexibility index (Phi) is 3.97. The molecule has 106 valence electrons. The summed E-state index contributed by atoms with van der Waals surface area (Å²) >= 11 is 1.89. The highest BCUT2D eigenvalue weighted by Crippen LogP contribution is 2.58. The zero-order valence-corrected chi connectivity index (χ0v) is 13.0. The molecule has 1 aromatic rings. The summed E-state index contributed by atoms with van der Waals surface area (Å²) in [7, 11) is 0. The van der Waals surface area contributed by atoms with E-state index in [0.29, 0.717) is 11.5 Å². The molecule has 2 heterocycles. The molecule has 1 atom stereocenters. The molecular weight excluding hydrogens is 252 g/mol. The predicted molar refractivity (Wildman–Crippen MR) is 82.5 cm³/mol. The largest absolute Gasteiger partial charge is 0.317 e. The van der Waals surface area contributed by atoms with Crippen molar-refractivity contribution in [3.05, 3.63) is 22.4 Å². The first-order valence-electron chi connectivity index (χ1n) is 7.67. The van der Waals surface area contributed by atoms with Crippen LogP contribution in [0.15, 0.2) is 17.5 Å². The van der Waals surface area contributed by atoms with E-state index in [-0.39, 0.29) is 0 Å². The van der Waals surface area contributed by atoms with Gasteiger partial charge in [-0.3, -0.25) is 4.90 Å². The van der Waals surface area contributed by atoms with Crippen molar-refractivity contribution in [2.75, 3.05) is 19.6 Å². The van der Waals surface area contributed by atoms with Gasteiger partial charge in [0.05, 0.1) is 0 Å². The number of rotatable bonds is 5. The Labute approximate surface area is 121 Å². The Morgan fingerprint density at radius 1 is 1.42 bits per heavy atom. The lowest BCUT2D eigenvalue weighted by molar-refractivity contribution is 0.185. The summed E-state index contributed by atoms with van der Waals surface area (Å²) in [5.74, 6) is 0.956. The van der Waals surface area contributed by atoms with Crippen molar-refractivity contribution in [2.45, 2.75) is 45.7 Å². The summed E-state index contributed by atoms with van der Waals surface area (Å²) in [6.07, 6.45) is 4.29. The number of piperidine rings is 1. The normalized spacial score (nSPS) is 25.4. The van der Waals surface area contributed by atoms with E-state index in [1.165, 1.54) is 43.8 Å². The van der Waals surface area contributed by atoms with Crippen LogP contribution in [0, 0.1) is 11.3 Å². The third-order valence-corrected chi connectivity index (χ3v) is 5.94. The number of hydrogen-bond donors (Lipinski definition) is 1. The first-order valence-corrected chi connectivity index (χ1v) is 8.55. The molecule has 1 spiro atoms. The Hall–Kier alpha value is -0.380. The van der Waals surface area contributed by atoms with Crippen LogP contribution >= 0.6 is 11.3 Å². The van der Waals surface area contributed by atoms with Gasteiger partial charge in [0.15, 0.2) is 0 Å². The first-order chi connectivity index (χ1) is 9.20. The van der Waals surface area contributed by atoms with Gasteiger partial charge in [0, 0.05) is 24.0 Å². The lowest BCUT2D eigenvalue weighted by atomic mass is 9.92. The van der Waals surface area contributed by atoms with Gasteiger partial charge in [-0.1, -0.05) is 6.07 Å². The highest BCUT2D eigenvalue weighted by atomic mass is 32.1. The van der Waals surface area contributed by atoms with Gasteiger partial charge in [-0.25, -0.2) is 0 Å². The minimum Gasteiger partial charge on any atom is -0.317 e. The highest BCUT2D eigenvalue weighted by molar-refractivity contribution is 7.09. The van der Waals surface area contributed by atoms with Crippen molar-refractivity contribution in [3.8, 4) is 0 Å². The maximum Gasteiger partial charge on any atom is 0.0330 e. The molecule has 19 heavy (non-hydrogen) atoms. The molecule has 1 saturated heterocycles. The second-order valence-corrected chi connectivity index (χ2v) is 7.65. The summed E-state index contributed by atoms with van der Waals surface area (Å²) in [4.78, 5) is 4.18. The van der Waals surface area contributed by atoms with E-state index < -0.39 is 0 Å². The fourth-order valence-electron chi connectivity index (χ4n) is 3.57. The summed E-state index contributed by atoms with van der Waals surface area (Å²) in [5.41, 5.74) is 0.716. The molecule has 0 radical (unpaired) electrons. The average molecular weight is 278 g/mol. The zero-order valence-electron chi connectivity index (χ0n) is 12.2. The first kappa shape index (κ1) is 13.6. The van der Waals surface area contributed by atoms with E-state index in [1.807, 2.05) is 11.3 Å². The van der Waals surface area contributed by atoms with Crippen molar-refractivity contribution < 1.29 is 0 Å². The van der Waals surface area contributed by atoms with Crippen molar-refractivity contribution in [2.24, 2.45) is 11.3 Å². The maximum atomic E-state index is 3.50. The molecule has 2 aliphatic rings. The SMILES string of the molecule is CC(C)N(Cc1cccs1)CC1CC12CCNCC2. The van der Waals surface area contributed by atoms with Gasteiger partial charge in [0.2, 0.25) is 0 Å². The van der Waals surface area contributed by atoms with Crippen molar-refractivity contribution in [1.29, 1.82) is 0 Å². The molecule has 0 bridgehead atoms. The van der Waals surface area contributed by atoms with Crippen LogP contribution in [0.25, 0.3) is 0 Å². The Morgan fingerprint density at radius 2 is 2.21 bits per heavy atom. The fraction of sp³-hybridized carbons (Fsp3) is 0.750. The van der Waals surface area contributed by atoms with Crippen LogP contribution in [0.5, 0.6) is 0 Å². The molecule has 3 rings (SSSR count). The molecule has 1 saturated carbocycles. The summed E-state index contributed by atoms with van der Waals surface area (Å²) in [5, 5.41) is 5.70. The minimum atomic E-state index is 0.654. The molecule has 1 unspecified atom stereocenters. The molecule has 1 aliphatic heterocycles. The molecule has 0 amide bonds. The fourth-order valence-corrected chi connectivity index (χ4v) is 4.30. The van der Waals surface area contributed by atoms with E-state index in [4.69, 9.17) is 0 Å². The average Bonchev–Trinajstić information content (AvgIpc) is 2.84.